The molecular weight excluding hydrogens is 210 g/mol. The van der Waals surface area contributed by atoms with Crippen molar-refractivity contribution in [2.45, 2.75) is 33.1 Å². The van der Waals surface area contributed by atoms with Gasteiger partial charge in [0.15, 0.2) is 0 Å². The van der Waals surface area contributed by atoms with E-state index in [9.17, 15) is 9.59 Å². The average molecular weight is 231 g/mol. The number of esters is 1. The molecule has 94 valence electrons. The van der Waals surface area contributed by atoms with Crippen molar-refractivity contribution in [1.29, 1.82) is 0 Å². The zero-order valence-electron chi connectivity index (χ0n) is 10.1. The maximum atomic E-state index is 11.1. The van der Waals surface area contributed by atoms with Crippen molar-refractivity contribution in [2.24, 2.45) is 0 Å². The van der Waals surface area contributed by atoms with Crippen LogP contribution in [-0.2, 0) is 19.1 Å². The molecule has 0 unspecified atom stereocenters. The van der Waals surface area contributed by atoms with Crippen molar-refractivity contribution < 1.29 is 19.1 Å². The maximum Gasteiger partial charge on any atom is 0.305 e. The highest BCUT2D eigenvalue weighted by atomic mass is 16.5. The first-order valence-electron chi connectivity index (χ1n) is 5.70. The van der Waals surface area contributed by atoms with Crippen LogP contribution in [-0.4, -0.2) is 38.2 Å². The lowest BCUT2D eigenvalue weighted by Gasteiger charge is -2.05. The molecule has 0 spiro atoms. The molecule has 0 rings (SSSR count). The first-order valence-corrected chi connectivity index (χ1v) is 5.70. The molecule has 0 heterocycles. The van der Waals surface area contributed by atoms with Crippen LogP contribution < -0.4 is 5.32 Å². The third-order valence-corrected chi connectivity index (χ3v) is 1.77. The summed E-state index contributed by atoms with van der Waals surface area (Å²) in [4.78, 5) is 22.1. The number of amides is 1. The Labute approximate surface area is 96.5 Å². The van der Waals surface area contributed by atoms with Gasteiger partial charge in [-0.2, -0.15) is 0 Å². The molecule has 0 saturated heterocycles. The van der Waals surface area contributed by atoms with Crippen LogP contribution in [0.1, 0.15) is 33.1 Å². The molecule has 0 bridgehead atoms. The minimum Gasteiger partial charge on any atom is -0.466 e. The Balaban J connectivity index is 3.30. The Morgan fingerprint density at radius 1 is 1.25 bits per heavy atom. The van der Waals surface area contributed by atoms with Gasteiger partial charge < -0.3 is 14.8 Å². The Morgan fingerprint density at radius 2 is 2.00 bits per heavy atom. The second kappa shape index (κ2) is 10.4. The van der Waals surface area contributed by atoms with Crippen LogP contribution in [0, 0.1) is 0 Å². The predicted molar refractivity (Wildman–Crippen MR) is 60.0 cm³/mol. The molecule has 0 atom stereocenters. The summed E-state index contributed by atoms with van der Waals surface area (Å²) >= 11 is 0. The van der Waals surface area contributed by atoms with E-state index in [0.717, 1.165) is 6.42 Å². The zero-order valence-corrected chi connectivity index (χ0v) is 10.1. The van der Waals surface area contributed by atoms with Gasteiger partial charge in [0.25, 0.3) is 0 Å². The molecule has 0 aromatic rings. The molecule has 0 aliphatic carbocycles. The maximum absolute atomic E-state index is 11.1. The topological polar surface area (TPSA) is 64.6 Å². The van der Waals surface area contributed by atoms with Crippen LogP contribution in [0.4, 0.5) is 0 Å². The molecule has 0 aromatic carbocycles. The van der Waals surface area contributed by atoms with Gasteiger partial charge in [0.1, 0.15) is 6.61 Å². The quantitative estimate of drug-likeness (QED) is 0.472. The number of hydrogen-bond donors (Lipinski definition) is 1. The van der Waals surface area contributed by atoms with Crippen LogP contribution in [0.25, 0.3) is 0 Å². The number of carbonyl (C=O) groups excluding carboxylic acids is 2. The second-order valence-corrected chi connectivity index (χ2v) is 3.31. The van der Waals surface area contributed by atoms with Crippen molar-refractivity contribution in [1.82, 2.24) is 5.32 Å². The summed E-state index contributed by atoms with van der Waals surface area (Å²) in [5.41, 5.74) is 0. The first-order chi connectivity index (χ1) is 7.70. The number of carbonyl (C=O) groups is 2. The number of rotatable bonds is 9. The van der Waals surface area contributed by atoms with Gasteiger partial charge in [-0.1, -0.05) is 6.92 Å². The second-order valence-electron chi connectivity index (χ2n) is 3.31. The number of nitrogens with one attached hydrogen (secondary N) is 1. The molecule has 0 aliphatic heterocycles. The fourth-order valence-electron chi connectivity index (χ4n) is 1.05. The van der Waals surface area contributed by atoms with Crippen LogP contribution >= 0.6 is 0 Å². The van der Waals surface area contributed by atoms with E-state index in [1.54, 1.807) is 6.92 Å². The Kier molecular flexibility index (Phi) is 9.70. The Bertz CT molecular complexity index is 206. The predicted octanol–water partition coefficient (Wildman–Crippen LogP) is 0.872. The van der Waals surface area contributed by atoms with Gasteiger partial charge in [0.2, 0.25) is 5.91 Å². The van der Waals surface area contributed by atoms with E-state index >= 15 is 0 Å². The first kappa shape index (κ1) is 14.9. The standard InChI is InChI=1S/C11H21NO4/c1-3-8-15-9-10(13)12-7-5-6-11(14)16-4-2/h3-9H2,1-2H3,(H,12,13). The van der Waals surface area contributed by atoms with Crippen molar-refractivity contribution in [2.75, 3.05) is 26.4 Å². The van der Waals surface area contributed by atoms with E-state index in [0.29, 0.717) is 32.6 Å². The lowest BCUT2D eigenvalue weighted by atomic mass is 10.3. The molecule has 0 radical (unpaired) electrons. The molecule has 5 nitrogen and oxygen atoms in total. The monoisotopic (exact) mass is 231 g/mol. The lowest BCUT2D eigenvalue weighted by molar-refractivity contribution is -0.143. The van der Waals surface area contributed by atoms with Crippen molar-refractivity contribution in [3.63, 3.8) is 0 Å². The lowest BCUT2D eigenvalue weighted by Crippen LogP contribution is -2.29. The van der Waals surface area contributed by atoms with Gasteiger partial charge in [-0.25, -0.2) is 0 Å². The van der Waals surface area contributed by atoms with Gasteiger partial charge >= 0.3 is 5.97 Å². The fourth-order valence-corrected chi connectivity index (χ4v) is 1.05. The Morgan fingerprint density at radius 3 is 2.62 bits per heavy atom. The molecule has 5 heteroatoms. The molecule has 16 heavy (non-hydrogen) atoms. The van der Waals surface area contributed by atoms with E-state index in [2.05, 4.69) is 5.32 Å². The SMILES string of the molecule is CCCOCC(=O)NCCCC(=O)OCC. The molecular formula is C11H21NO4. The van der Waals surface area contributed by atoms with Gasteiger partial charge in [0, 0.05) is 19.6 Å². The minimum absolute atomic E-state index is 0.0905. The molecule has 1 amide bonds. The van der Waals surface area contributed by atoms with Gasteiger partial charge in [-0.15, -0.1) is 0 Å². The van der Waals surface area contributed by atoms with Crippen LogP contribution in [0.15, 0.2) is 0 Å². The summed E-state index contributed by atoms with van der Waals surface area (Å²) in [6, 6.07) is 0. The summed E-state index contributed by atoms with van der Waals surface area (Å²) in [6.07, 6.45) is 1.83. The normalized spacial score (nSPS) is 9.88. The summed E-state index contributed by atoms with van der Waals surface area (Å²) in [6.45, 7) is 5.31. The fraction of sp³-hybridized carbons (Fsp3) is 0.818. The van der Waals surface area contributed by atoms with E-state index in [-0.39, 0.29) is 18.5 Å². The summed E-state index contributed by atoms with van der Waals surface area (Å²) in [5, 5.41) is 2.67. The molecule has 0 saturated carbocycles. The minimum atomic E-state index is -0.223. The van der Waals surface area contributed by atoms with E-state index in [1.807, 2.05) is 6.92 Å². The van der Waals surface area contributed by atoms with Crippen molar-refractivity contribution in [3.8, 4) is 0 Å². The third kappa shape index (κ3) is 9.45. The number of hydrogen-bond acceptors (Lipinski definition) is 4. The van der Waals surface area contributed by atoms with Crippen molar-refractivity contribution >= 4 is 11.9 Å². The van der Waals surface area contributed by atoms with Gasteiger partial charge in [0.05, 0.1) is 6.61 Å². The highest BCUT2D eigenvalue weighted by molar-refractivity contribution is 5.77. The van der Waals surface area contributed by atoms with Gasteiger partial charge in [-0.3, -0.25) is 9.59 Å². The van der Waals surface area contributed by atoms with E-state index < -0.39 is 0 Å². The Hall–Kier alpha value is -1.10. The van der Waals surface area contributed by atoms with Gasteiger partial charge in [-0.05, 0) is 19.8 Å². The molecule has 0 fully saturated rings. The summed E-state index contributed by atoms with van der Waals surface area (Å²) in [5.74, 6) is -0.365. The molecule has 0 aromatic heterocycles. The third-order valence-electron chi connectivity index (χ3n) is 1.77. The summed E-state index contributed by atoms with van der Waals surface area (Å²) < 4.78 is 9.81. The van der Waals surface area contributed by atoms with E-state index in [1.165, 1.54) is 0 Å². The van der Waals surface area contributed by atoms with Crippen LogP contribution in [0.2, 0.25) is 0 Å². The largest absolute Gasteiger partial charge is 0.466 e. The van der Waals surface area contributed by atoms with E-state index in [4.69, 9.17) is 9.47 Å². The molecule has 0 aliphatic rings. The number of ether oxygens (including phenoxy) is 2. The highest BCUT2D eigenvalue weighted by Crippen LogP contribution is 1.91. The van der Waals surface area contributed by atoms with Crippen LogP contribution in [0.5, 0.6) is 0 Å². The smallest absolute Gasteiger partial charge is 0.305 e. The van der Waals surface area contributed by atoms with Crippen molar-refractivity contribution in [3.05, 3.63) is 0 Å². The average Bonchev–Trinajstić information content (AvgIpc) is 2.25. The molecule has 1 N–H and O–H groups in total. The highest BCUT2D eigenvalue weighted by Gasteiger charge is 2.03. The summed E-state index contributed by atoms with van der Waals surface area (Å²) in [7, 11) is 0. The zero-order chi connectivity index (χ0) is 12.2. The van der Waals surface area contributed by atoms with Crippen LogP contribution in [0.3, 0.4) is 0 Å².